The Bertz CT molecular complexity index is 559. The Morgan fingerprint density at radius 2 is 1.74 bits per heavy atom. The van der Waals surface area contributed by atoms with Gasteiger partial charge in [0.1, 0.15) is 0 Å². The highest BCUT2D eigenvalue weighted by atomic mass is 15.4. The van der Waals surface area contributed by atoms with E-state index < -0.39 is 0 Å². The number of aryl methyl sites for hydroxylation is 2. The lowest BCUT2D eigenvalue weighted by atomic mass is 10.3. The topological polar surface area (TPSA) is 88.2 Å². The molecule has 0 aliphatic carbocycles. The number of hydrogen-bond donors (Lipinski definition) is 3. The molecule has 0 radical (unpaired) electrons. The zero-order valence-corrected chi connectivity index (χ0v) is 10.9. The van der Waals surface area contributed by atoms with Crippen LogP contribution in [0.2, 0.25) is 0 Å². The van der Waals surface area contributed by atoms with Crippen LogP contribution in [-0.4, -0.2) is 15.9 Å². The van der Waals surface area contributed by atoms with Gasteiger partial charge >= 0.3 is 0 Å². The Hall–Kier alpha value is -2.63. The smallest absolute Gasteiger partial charge is 0.253 e. The molecule has 0 bridgehead atoms. The Balaban J connectivity index is 2.03. The molecule has 0 saturated heterocycles. The zero-order valence-electron chi connectivity index (χ0n) is 10.9. The van der Waals surface area contributed by atoms with Gasteiger partial charge in [0.2, 0.25) is 5.96 Å². The van der Waals surface area contributed by atoms with Crippen LogP contribution in [0.15, 0.2) is 41.4 Å². The minimum absolute atomic E-state index is 0.203. The Kier molecular flexibility index (Phi) is 3.92. The summed E-state index contributed by atoms with van der Waals surface area (Å²) in [7, 11) is 0. The van der Waals surface area contributed by atoms with Crippen molar-refractivity contribution in [3.05, 3.63) is 47.8 Å². The van der Waals surface area contributed by atoms with E-state index in [9.17, 15) is 0 Å². The van der Waals surface area contributed by atoms with Crippen molar-refractivity contribution in [1.29, 1.82) is 0 Å². The van der Waals surface area contributed by atoms with Gasteiger partial charge in [-0.25, -0.2) is 9.97 Å². The van der Waals surface area contributed by atoms with Crippen LogP contribution >= 0.6 is 0 Å². The third-order valence-corrected chi connectivity index (χ3v) is 2.30. The molecule has 1 aromatic heterocycles. The SMILES string of the molecule is Cc1cc(C)nc(/N=C(/N)NNc2ccccc2)n1. The van der Waals surface area contributed by atoms with Crippen molar-refractivity contribution in [1.82, 2.24) is 15.4 Å². The van der Waals surface area contributed by atoms with Gasteiger partial charge in [0.15, 0.2) is 0 Å². The quantitative estimate of drug-likeness (QED) is 0.441. The molecule has 0 fully saturated rings. The maximum atomic E-state index is 5.75. The predicted molar refractivity (Wildman–Crippen MR) is 76.0 cm³/mol. The second kappa shape index (κ2) is 5.81. The lowest BCUT2D eigenvalue weighted by Crippen LogP contribution is -2.35. The van der Waals surface area contributed by atoms with Crippen molar-refractivity contribution >= 4 is 17.6 Å². The second-order valence-corrected chi connectivity index (χ2v) is 4.06. The fraction of sp³-hybridized carbons (Fsp3) is 0.154. The predicted octanol–water partition coefficient (Wildman–Crippen LogP) is 1.66. The standard InChI is InChI=1S/C13H16N6/c1-9-8-10(2)16-13(15-9)17-12(14)19-18-11-6-4-3-5-7-11/h3-8,18H,1-2H3,(H3,14,15,16,17,19). The minimum Gasteiger partial charge on any atom is -0.368 e. The number of rotatable bonds is 3. The van der Waals surface area contributed by atoms with Crippen LogP contribution < -0.4 is 16.6 Å². The normalized spacial score (nSPS) is 11.2. The highest BCUT2D eigenvalue weighted by molar-refractivity contribution is 5.81. The molecule has 6 heteroatoms. The largest absolute Gasteiger partial charge is 0.368 e. The zero-order chi connectivity index (χ0) is 13.7. The van der Waals surface area contributed by atoms with Crippen LogP contribution in [0.5, 0.6) is 0 Å². The van der Waals surface area contributed by atoms with Crippen molar-refractivity contribution in [2.24, 2.45) is 10.7 Å². The van der Waals surface area contributed by atoms with Crippen molar-refractivity contribution in [2.45, 2.75) is 13.8 Å². The molecule has 0 amide bonds. The number of hydrogen-bond acceptors (Lipinski definition) is 4. The van der Waals surface area contributed by atoms with Crippen LogP contribution in [-0.2, 0) is 0 Å². The number of benzene rings is 1. The van der Waals surface area contributed by atoms with Crippen LogP contribution in [0.1, 0.15) is 11.4 Å². The van der Waals surface area contributed by atoms with Gasteiger partial charge in [0.25, 0.3) is 5.95 Å². The van der Waals surface area contributed by atoms with Gasteiger partial charge in [-0.05, 0) is 32.0 Å². The van der Waals surface area contributed by atoms with Crippen molar-refractivity contribution in [3.8, 4) is 0 Å². The molecule has 0 unspecified atom stereocenters. The van der Waals surface area contributed by atoms with E-state index in [1.807, 2.05) is 50.2 Å². The number of para-hydroxylation sites is 1. The number of nitrogens with zero attached hydrogens (tertiary/aromatic N) is 3. The lowest BCUT2D eigenvalue weighted by Gasteiger charge is -2.08. The number of nitrogens with one attached hydrogen (secondary N) is 2. The molecule has 0 spiro atoms. The fourth-order valence-electron chi connectivity index (χ4n) is 1.55. The van der Waals surface area contributed by atoms with E-state index in [4.69, 9.17) is 5.73 Å². The van der Waals surface area contributed by atoms with E-state index in [1.54, 1.807) is 0 Å². The van der Waals surface area contributed by atoms with E-state index in [0.29, 0.717) is 5.95 Å². The summed E-state index contributed by atoms with van der Waals surface area (Å²) < 4.78 is 0. The molecule has 0 saturated carbocycles. The first kappa shape index (κ1) is 12.8. The van der Waals surface area contributed by atoms with E-state index in [0.717, 1.165) is 17.1 Å². The maximum absolute atomic E-state index is 5.75. The van der Waals surface area contributed by atoms with Gasteiger partial charge in [-0.3, -0.25) is 10.9 Å². The molecule has 98 valence electrons. The highest BCUT2D eigenvalue weighted by Crippen LogP contribution is 2.06. The van der Waals surface area contributed by atoms with E-state index in [2.05, 4.69) is 25.8 Å². The summed E-state index contributed by atoms with van der Waals surface area (Å²) in [6, 6.07) is 11.5. The Morgan fingerprint density at radius 3 is 2.37 bits per heavy atom. The monoisotopic (exact) mass is 256 g/mol. The molecular weight excluding hydrogens is 240 g/mol. The highest BCUT2D eigenvalue weighted by Gasteiger charge is 1.99. The first-order valence-corrected chi connectivity index (χ1v) is 5.87. The number of aliphatic imine (C=N–C) groups is 1. The van der Waals surface area contributed by atoms with Crippen LogP contribution in [0.4, 0.5) is 11.6 Å². The molecule has 1 heterocycles. The Morgan fingerprint density at radius 1 is 1.11 bits per heavy atom. The molecule has 1 aromatic carbocycles. The average molecular weight is 256 g/mol. The molecule has 6 nitrogen and oxygen atoms in total. The van der Waals surface area contributed by atoms with Gasteiger partial charge < -0.3 is 5.73 Å². The van der Waals surface area contributed by atoms with E-state index in [1.165, 1.54) is 0 Å². The summed E-state index contributed by atoms with van der Waals surface area (Å²) in [6.45, 7) is 3.78. The third kappa shape index (κ3) is 3.95. The summed E-state index contributed by atoms with van der Waals surface area (Å²) in [6.07, 6.45) is 0. The van der Waals surface area contributed by atoms with Gasteiger partial charge in [0.05, 0.1) is 5.69 Å². The average Bonchev–Trinajstić information content (AvgIpc) is 2.36. The summed E-state index contributed by atoms with van der Waals surface area (Å²) >= 11 is 0. The van der Waals surface area contributed by atoms with Crippen molar-refractivity contribution in [2.75, 3.05) is 5.43 Å². The maximum Gasteiger partial charge on any atom is 0.253 e. The lowest BCUT2D eigenvalue weighted by molar-refractivity contribution is 1.02. The van der Waals surface area contributed by atoms with E-state index >= 15 is 0 Å². The molecule has 0 aliphatic heterocycles. The Labute approximate surface area is 111 Å². The number of anilines is 1. The van der Waals surface area contributed by atoms with Crippen LogP contribution in [0, 0.1) is 13.8 Å². The van der Waals surface area contributed by atoms with Crippen LogP contribution in [0.3, 0.4) is 0 Å². The minimum atomic E-state index is 0.203. The molecule has 2 aromatic rings. The fourth-order valence-corrected chi connectivity index (χ4v) is 1.55. The van der Waals surface area contributed by atoms with Gasteiger partial charge in [0, 0.05) is 11.4 Å². The van der Waals surface area contributed by atoms with Gasteiger partial charge in [-0.1, -0.05) is 18.2 Å². The molecule has 0 aliphatic rings. The summed E-state index contributed by atoms with van der Waals surface area (Å²) in [4.78, 5) is 12.5. The number of guanidine groups is 1. The molecule has 4 N–H and O–H groups in total. The molecular formula is C13H16N6. The van der Waals surface area contributed by atoms with Gasteiger partial charge in [-0.2, -0.15) is 4.99 Å². The molecule has 0 atom stereocenters. The first-order chi connectivity index (χ1) is 9.13. The third-order valence-electron chi connectivity index (χ3n) is 2.30. The molecule has 19 heavy (non-hydrogen) atoms. The summed E-state index contributed by atoms with van der Waals surface area (Å²) in [5.41, 5.74) is 14.1. The van der Waals surface area contributed by atoms with Crippen molar-refractivity contribution < 1.29 is 0 Å². The van der Waals surface area contributed by atoms with Crippen molar-refractivity contribution in [3.63, 3.8) is 0 Å². The number of aromatic nitrogens is 2. The molecule has 2 rings (SSSR count). The first-order valence-electron chi connectivity index (χ1n) is 5.87. The van der Waals surface area contributed by atoms with Crippen LogP contribution in [0.25, 0.3) is 0 Å². The van der Waals surface area contributed by atoms with E-state index in [-0.39, 0.29) is 5.96 Å². The summed E-state index contributed by atoms with van der Waals surface area (Å²) in [5, 5.41) is 0. The number of hydrazine groups is 1. The number of nitrogens with two attached hydrogens (primary N) is 1. The summed E-state index contributed by atoms with van der Waals surface area (Å²) in [5.74, 6) is 0.547. The van der Waals surface area contributed by atoms with Gasteiger partial charge in [-0.15, -0.1) is 0 Å². The second-order valence-electron chi connectivity index (χ2n) is 4.06.